The van der Waals surface area contributed by atoms with Crippen molar-refractivity contribution in [3.05, 3.63) is 48.0 Å². The summed E-state index contributed by atoms with van der Waals surface area (Å²) in [6, 6.07) is -0.0352. The van der Waals surface area contributed by atoms with Crippen molar-refractivity contribution in [3.8, 4) is 5.75 Å². The van der Waals surface area contributed by atoms with E-state index in [-0.39, 0.29) is 18.6 Å². The molecule has 1 heterocycles. The molecule has 1 aromatic carbocycles. The Morgan fingerprint density at radius 1 is 0.846 bits per heavy atom. The number of hydrogen-bond acceptors (Lipinski definition) is 9. The fourth-order valence-electron chi connectivity index (χ4n) is 3.41. The SMILES string of the molecule is NC(=O)CC(NC(=O)C(CC(=O)O)NC(=O)C(Cc1cnc[nH]1)NC(=O)C(N)Cc1ccc(O)cc1)C(=O)O. The Bertz CT molecular complexity index is 1190. The first-order valence-corrected chi connectivity index (χ1v) is 11.5. The summed E-state index contributed by atoms with van der Waals surface area (Å²) in [5.41, 5.74) is 12.0. The van der Waals surface area contributed by atoms with Gasteiger partial charge in [-0.1, -0.05) is 12.1 Å². The summed E-state index contributed by atoms with van der Waals surface area (Å²) in [5, 5.41) is 34.5. The monoisotopic (exact) mass is 547 g/mol. The minimum Gasteiger partial charge on any atom is -0.508 e. The lowest BCUT2D eigenvalue weighted by Crippen LogP contribution is -2.58. The minimum absolute atomic E-state index is 0.0253. The van der Waals surface area contributed by atoms with E-state index in [9.17, 15) is 44.1 Å². The zero-order valence-electron chi connectivity index (χ0n) is 20.5. The topological polar surface area (TPSA) is 280 Å². The molecule has 0 saturated heterocycles. The van der Waals surface area contributed by atoms with Gasteiger partial charge in [-0.25, -0.2) is 9.78 Å². The average molecular weight is 548 g/mol. The Hall–Kier alpha value is -4.99. The summed E-state index contributed by atoms with van der Waals surface area (Å²) in [6.07, 6.45) is 0.910. The number of phenols is 1. The second-order valence-electron chi connectivity index (χ2n) is 8.55. The Labute approximate surface area is 221 Å². The van der Waals surface area contributed by atoms with Crippen LogP contribution in [-0.2, 0) is 41.6 Å². The first kappa shape index (κ1) is 30.2. The summed E-state index contributed by atoms with van der Waals surface area (Å²) in [7, 11) is 0. The number of carboxylic acids is 2. The third-order valence-corrected chi connectivity index (χ3v) is 5.37. The molecule has 0 aliphatic rings. The van der Waals surface area contributed by atoms with Crippen molar-refractivity contribution in [2.75, 3.05) is 0 Å². The van der Waals surface area contributed by atoms with Gasteiger partial charge in [0.2, 0.25) is 23.6 Å². The van der Waals surface area contributed by atoms with Gasteiger partial charge in [0.1, 0.15) is 23.9 Å². The summed E-state index contributed by atoms with van der Waals surface area (Å²) < 4.78 is 0. The molecule has 0 fully saturated rings. The van der Waals surface area contributed by atoms with Crippen molar-refractivity contribution < 1.29 is 44.1 Å². The number of primary amides is 1. The van der Waals surface area contributed by atoms with E-state index in [1.165, 1.54) is 24.7 Å². The number of H-pyrrole nitrogens is 1. The molecule has 210 valence electrons. The lowest BCUT2D eigenvalue weighted by Gasteiger charge is -2.24. The maximum atomic E-state index is 13.1. The van der Waals surface area contributed by atoms with Crippen LogP contribution in [0.2, 0.25) is 0 Å². The van der Waals surface area contributed by atoms with Crippen LogP contribution in [0.25, 0.3) is 0 Å². The highest BCUT2D eigenvalue weighted by atomic mass is 16.4. The Balaban J connectivity index is 2.18. The maximum absolute atomic E-state index is 13.1. The highest BCUT2D eigenvalue weighted by molar-refractivity contribution is 5.96. The summed E-state index contributed by atoms with van der Waals surface area (Å²) in [6.45, 7) is 0. The van der Waals surface area contributed by atoms with Crippen molar-refractivity contribution in [2.45, 2.75) is 49.9 Å². The molecule has 0 aliphatic heterocycles. The Kier molecular flexibility index (Phi) is 10.9. The van der Waals surface area contributed by atoms with E-state index in [1.807, 2.05) is 5.32 Å². The van der Waals surface area contributed by atoms with Crippen LogP contribution in [0.15, 0.2) is 36.8 Å². The number of amides is 4. The third-order valence-electron chi connectivity index (χ3n) is 5.37. The molecule has 39 heavy (non-hydrogen) atoms. The van der Waals surface area contributed by atoms with Crippen LogP contribution in [0.1, 0.15) is 24.1 Å². The number of nitrogens with zero attached hydrogens (tertiary/aromatic N) is 1. The summed E-state index contributed by atoms with van der Waals surface area (Å²) >= 11 is 0. The van der Waals surface area contributed by atoms with Crippen LogP contribution in [0.3, 0.4) is 0 Å². The molecule has 4 atom stereocenters. The van der Waals surface area contributed by atoms with E-state index in [0.29, 0.717) is 11.3 Å². The smallest absolute Gasteiger partial charge is 0.326 e. The zero-order chi connectivity index (χ0) is 29.1. The van der Waals surface area contributed by atoms with Crippen LogP contribution >= 0.6 is 0 Å². The Morgan fingerprint density at radius 2 is 1.44 bits per heavy atom. The lowest BCUT2D eigenvalue weighted by molar-refractivity contribution is -0.144. The van der Waals surface area contributed by atoms with Gasteiger partial charge in [-0.3, -0.25) is 24.0 Å². The van der Waals surface area contributed by atoms with Gasteiger partial charge in [-0.15, -0.1) is 0 Å². The molecular formula is C23H29N7O9. The van der Waals surface area contributed by atoms with Crippen molar-refractivity contribution >= 4 is 35.6 Å². The van der Waals surface area contributed by atoms with Gasteiger partial charge in [-0.2, -0.15) is 0 Å². The molecule has 2 rings (SSSR count). The number of aromatic nitrogens is 2. The van der Waals surface area contributed by atoms with Gasteiger partial charge >= 0.3 is 11.9 Å². The van der Waals surface area contributed by atoms with Gasteiger partial charge < -0.3 is 47.7 Å². The normalized spacial score (nSPS) is 13.8. The highest BCUT2D eigenvalue weighted by Gasteiger charge is 2.32. The average Bonchev–Trinajstić information content (AvgIpc) is 3.36. The number of nitrogens with one attached hydrogen (secondary N) is 4. The number of phenolic OH excluding ortho intramolecular Hbond substituents is 1. The minimum atomic E-state index is -1.77. The fourth-order valence-corrected chi connectivity index (χ4v) is 3.41. The first-order valence-electron chi connectivity index (χ1n) is 11.5. The van der Waals surface area contributed by atoms with Crippen molar-refractivity contribution in [1.82, 2.24) is 25.9 Å². The molecular weight excluding hydrogens is 518 g/mol. The molecule has 4 unspecified atom stereocenters. The fraction of sp³-hybridized carbons (Fsp3) is 0.348. The third kappa shape index (κ3) is 10.1. The van der Waals surface area contributed by atoms with E-state index in [1.54, 1.807) is 12.1 Å². The number of carbonyl (C=O) groups excluding carboxylic acids is 4. The number of nitrogens with two attached hydrogens (primary N) is 2. The van der Waals surface area contributed by atoms with Gasteiger partial charge in [0.25, 0.3) is 0 Å². The summed E-state index contributed by atoms with van der Waals surface area (Å²) in [5.74, 6) is -7.02. The molecule has 4 amide bonds. The highest BCUT2D eigenvalue weighted by Crippen LogP contribution is 2.11. The van der Waals surface area contributed by atoms with Crippen LogP contribution < -0.4 is 27.4 Å². The number of rotatable bonds is 15. The number of carboxylic acid groups (broad SMARTS) is 2. The maximum Gasteiger partial charge on any atom is 0.326 e. The van der Waals surface area contributed by atoms with Crippen LogP contribution in [-0.4, -0.2) is 85.0 Å². The van der Waals surface area contributed by atoms with E-state index in [2.05, 4.69) is 20.6 Å². The predicted octanol–water partition coefficient (Wildman–Crippen LogP) is -2.88. The molecule has 11 N–H and O–H groups in total. The van der Waals surface area contributed by atoms with Crippen molar-refractivity contribution in [1.29, 1.82) is 0 Å². The van der Waals surface area contributed by atoms with E-state index < -0.39 is 72.6 Å². The van der Waals surface area contributed by atoms with Gasteiger partial charge in [0.05, 0.1) is 25.2 Å². The number of imidazole rings is 1. The molecule has 0 saturated carbocycles. The number of benzene rings is 1. The van der Waals surface area contributed by atoms with E-state index in [4.69, 9.17) is 11.5 Å². The standard InChI is InChI=1S/C23H29N7O9/c24-14(5-11-1-3-13(31)4-2-11)20(35)28-15(6-12-9-26-10-27-12)21(36)29-16(8-19(33)34)22(37)30-17(23(38)39)7-18(25)32/h1-4,9-10,14-17,31H,5-8,24H2,(H2,25,32)(H,26,27)(H,28,35)(H,29,36)(H,30,37)(H,33,34)(H,38,39). The number of aromatic hydroxyl groups is 1. The van der Waals surface area contributed by atoms with Crippen molar-refractivity contribution in [3.63, 3.8) is 0 Å². The molecule has 16 heteroatoms. The van der Waals surface area contributed by atoms with E-state index in [0.717, 1.165) is 0 Å². The number of aromatic amines is 1. The quantitative estimate of drug-likeness (QED) is 0.109. The Morgan fingerprint density at radius 3 is 1.97 bits per heavy atom. The second kappa shape index (κ2) is 14.1. The largest absolute Gasteiger partial charge is 0.508 e. The van der Waals surface area contributed by atoms with Crippen LogP contribution in [0.4, 0.5) is 0 Å². The molecule has 0 spiro atoms. The van der Waals surface area contributed by atoms with Crippen LogP contribution in [0, 0.1) is 0 Å². The molecule has 0 aliphatic carbocycles. The van der Waals surface area contributed by atoms with Gasteiger partial charge in [0, 0.05) is 18.3 Å². The zero-order valence-corrected chi connectivity index (χ0v) is 20.5. The van der Waals surface area contributed by atoms with Crippen molar-refractivity contribution in [2.24, 2.45) is 11.5 Å². The molecule has 16 nitrogen and oxygen atoms in total. The number of carbonyl (C=O) groups is 6. The number of hydrogen-bond donors (Lipinski definition) is 9. The first-order chi connectivity index (χ1) is 18.3. The van der Waals surface area contributed by atoms with E-state index >= 15 is 0 Å². The summed E-state index contributed by atoms with van der Waals surface area (Å²) in [4.78, 5) is 79.0. The van der Waals surface area contributed by atoms with Gasteiger partial charge in [0.15, 0.2) is 0 Å². The molecule has 2 aromatic rings. The van der Waals surface area contributed by atoms with Gasteiger partial charge in [-0.05, 0) is 24.1 Å². The predicted molar refractivity (Wildman–Crippen MR) is 132 cm³/mol. The second-order valence-corrected chi connectivity index (χ2v) is 8.55. The molecule has 1 aromatic heterocycles. The molecule has 0 bridgehead atoms. The lowest BCUT2D eigenvalue weighted by atomic mass is 10.0. The van der Waals surface area contributed by atoms with Crippen LogP contribution in [0.5, 0.6) is 5.75 Å². The molecule has 0 radical (unpaired) electrons. The number of aliphatic carboxylic acids is 2.